The number of carbonyl (C=O) groups excluding carboxylic acids is 5. The van der Waals surface area contributed by atoms with E-state index in [2.05, 4.69) is 54.3 Å². The summed E-state index contributed by atoms with van der Waals surface area (Å²) in [6, 6.07) is 6.51. The van der Waals surface area contributed by atoms with E-state index in [1.165, 1.54) is 4.90 Å². The summed E-state index contributed by atoms with van der Waals surface area (Å²) in [4.78, 5) is 65.6. The van der Waals surface area contributed by atoms with Crippen molar-refractivity contribution in [3.63, 3.8) is 0 Å². The number of aryl methyl sites for hydroxylation is 1. The molecule has 9 nitrogen and oxygen atoms in total. The zero-order valence-electron chi connectivity index (χ0n) is 22.6. The van der Waals surface area contributed by atoms with Gasteiger partial charge in [0.05, 0.1) is 5.69 Å². The van der Waals surface area contributed by atoms with Crippen molar-refractivity contribution in [1.29, 1.82) is 0 Å². The monoisotopic (exact) mass is 682 g/mol. The lowest BCUT2D eigenvalue weighted by Crippen LogP contribution is -2.52. The summed E-state index contributed by atoms with van der Waals surface area (Å²) in [6.45, 7) is 4.93. The van der Waals surface area contributed by atoms with Crippen molar-refractivity contribution < 1.29 is 24.0 Å². The van der Waals surface area contributed by atoms with Gasteiger partial charge in [-0.3, -0.25) is 29.3 Å². The summed E-state index contributed by atoms with van der Waals surface area (Å²) in [5, 5.41) is 5.05. The largest absolute Gasteiger partial charge is 0.334 e. The second kappa shape index (κ2) is 11.8. The van der Waals surface area contributed by atoms with Crippen LogP contribution in [0.25, 0.3) is 0 Å². The molecule has 11 heteroatoms. The standard InChI is InChI=1S/C30H28Br2N4O5/c1-16-14-22(26(32)17(2)25(16)31)33-28(39)30(41)35-12-10-18(11-13-35)6-7-19-4-3-5-20-21(19)15-36(29(20)40)23-8-9-24(37)34-27(23)38/h3-5,14,18,23H,8-13,15H2,1-2H3,(H,33,39)(H,34,37,38). The molecule has 0 spiro atoms. The number of carbonyl (C=O) groups is 5. The minimum Gasteiger partial charge on any atom is -0.334 e. The first-order chi connectivity index (χ1) is 19.5. The molecular weight excluding hydrogens is 656 g/mol. The van der Waals surface area contributed by atoms with Gasteiger partial charge < -0.3 is 15.1 Å². The highest BCUT2D eigenvalue weighted by Crippen LogP contribution is 2.34. The Balaban J connectivity index is 1.20. The number of rotatable bonds is 2. The van der Waals surface area contributed by atoms with Crippen LogP contribution in [0.1, 0.15) is 58.3 Å². The second-order valence-corrected chi connectivity index (χ2v) is 12.1. The van der Waals surface area contributed by atoms with E-state index in [4.69, 9.17) is 0 Å². The van der Waals surface area contributed by atoms with E-state index < -0.39 is 23.8 Å². The van der Waals surface area contributed by atoms with E-state index in [0.717, 1.165) is 31.2 Å². The number of imide groups is 1. The van der Waals surface area contributed by atoms with E-state index in [-0.39, 0.29) is 30.7 Å². The predicted octanol–water partition coefficient (Wildman–Crippen LogP) is 3.82. The van der Waals surface area contributed by atoms with Gasteiger partial charge in [-0.15, -0.1) is 0 Å². The Bertz CT molecular complexity index is 1550. The van der Waals surface area contributed by atoms with Crippen molar-refractivity contribution >= 4 is 67.1 Å². The van der Waals surface area contributed by atoms with Gasteiger partial charge in [-0.05, 0) is 83.9 Å². The Morgan fingerprint density at radius 1 is 1.05 bits per heavy atom. The Kier molecular flexibility index (Phi) is 8.34. The smallest absolute Gasteiger partial charge is 0.313 e. The molecule has 0 saturated carbocycles. The van der Waals surface area contributed by atoms with Crippen LogP contribution in [0.2, 0.25) is 0 Å². The van der Waals surface area contributed by atoms with Crippen LogP contribution in [0, 0.1) is 31.6 Å². The maximum atomic E-state index is 13.1. The number of fused-ring (bicyclic) bond motifs is 1. The number of likely N-dealkylation sites (tertiary alicyclic amines) is 1. The SMILES string of the molecule is Cc1cc(NC(=O)C(=O)N2CCC(C#Cc3cccc4c3CN(C3CCC(=O)NC3=O)C4=O)CC2)c(Br)c(C)c1Br. The molecular formula is C30H28Br2N4O5. The molecule has 2 fully saturated rings. The Morgan fingerprint density at radius 3 is 2.49 bits per heavy atom. The normalized spacial score (nSPS) is 18.9. The van der Waals surface area contributed by atoms with Crippen molar-refractivity contribution in [2.45, 2.75) is 52.1 Å². The number of hydrogen-bond acceptors (Lipinski definition) is 5. The fraction of sp³-hybridized carbons (Fsp3) is 0.367. The number of benzene rings is 2. The molecule has 1 unspecified atom stereocenters. The quantitative estimate of drug-likeness (QED) is 0.284. The first-order valence-electron chi connectivity index (χ1n) is 13.4. The van der Waals surface area contributed by atoms with E-state index in [1.54, 1.807) is 17.0 Å². The fourth-order valence-corrected chi connectivity index (χ4v) is 6.45. The predicted molar refractivity (Wildman–Crippen MR) is 159 cm³/mol. The van der Waals surface area contributed by atoms with Crippen molar-refractivity contribution in [3.05, 3.63) is 61.0 Å². The molecule has 2 aromatic carbocycles. The average Bonchev–Trinajstić information content (AvgIpc) is 3.30. The number of nitrogens with zero attached hydrogens (tertiary/aromatic N) is 2. The summed E-state index contributed by atoms with van der Waals surface area (Å²) in [7, 11) is 0. The molecule has 41 heavy (non-hydrogen) atoms. The van der Waals surface area contributed by atoms with Crippen LogP contribution in [-0.2, 0) is 25.7 Å². The van der Waals surface area contributed by atoms with Crippen LogP contribution in [0.5, 0.6) is 0 Å². The highest BCUT2D eigenvalue weighted by molar-refractivity contribution is 9.11. The Morgan fingerprint density at radius 2 is 1.78 bits per heavy atom. The zero-order valence-corrected chi connectivity index (χ0v) is 25.8. The van der Waals surface area contributed by atoms with E-state index in [9.17, 15) is 24.0 Å². The fourth-order valence-electron chi connectivity index (χ4n) is 5.46. The van der Waals surface area contributed by atoms with Crippen LogP contribution in [0.15, 0.2) is 33.2 Å². The molecule has 212 valence electrons. The molecule has 5 amide bonds. The maximum absolute atomic E-state index is 13.1. The summed E-state index contributed by atoms with van der Waals surface area (Å²) < 4.78 is 1.66. The summed E-state index contributed by atoms with van der Waals surface area (Å²) >= 11 is 7.02. The number of anilines is 1. The van der Waals surface area contributed by atoms with Gasteiger partial charge >= 0.3 is 11.8 Å². The van der Waals surface area contributed by atoms with Crippen LogP contribution in [0.4, 0.5) is 5.69 Å². The van der Waals surface area contributed by atoms with Gasteiger partial charge in [-0.25, -0.2) is 0 Å². The third-order valence-electron chi connectivity index (χ3n) is 7.82. The minimum atomic E-state index is -0.679. The van der Waals surface area contributed by atoms with Crippen LogP contribution in [-0.4, -0.2) is 58.5 Å². The summed E-state index contributed by atoms with van der Waals surface area (Å²) in [6.07, 6.45) is 1.76. The number of hydrogen-bond donors (Lipinski definition) is 2. The molecule has 3 aliphatic rings. The third kappa shape index (κ3) is 5.81. The number of piperidine rings is 2. The molecule has 1 atom stereocenters. The van der Waals surface area contributed by atoms with Crippen molar-refractivity contribution in [3.8, 4) is 11.8 Å². The zero-order chi connectivity index (χ0) is 29.4. The van der Waals surface area contributed by atoms with Gasteiger partial charge in [-0.2, -0.15) is 0 Å². The molecule has 0 bridgehead atoms. The highest BCUT2D eigenvalue weighted by Gasteiger charge is 2.39. The Hall–Kier alpha value is -3.49. The molecule has 5 rings (SSSR count). The topological polar surface area (TPSA) is 116 Å². The van der Waals surface area contributed by atoms with E-state index in [0.29, 0.717) is 43.6 Å². The van der Waals surface area contributed by atoms with Gasteiger partial charge in [0.15, 0.2) is 0 Å². The van der Waals surface area contributed by atoms with Gasteiger partial charge in [0.2, 0.25) is 11.8 Å². The highest BCUT2D eigenvalue weighted by atomic mass is 79.9. The molecule has 2 aromatic rings. The van der Waals surface area contributed by atoms with Gasteiger partial charge in [0.25, 0.3) is 5.91 Å². The average molecular weight is 684 g/mol. The molecule has 3 aliphatic heterocycles. The molecule has 3 heterocycles. The minimum absolute atomic E-state index is 0.0345. The number of nitrogens with one attached hydrogen (secondary N) is 2. The van der Waals surface area contributed by atoms with Crippen LogP contribution >= 0.6 is 31.9 Å². The van der Waals surface area contributed by atoms with Crippen LogP contribution < -0.4 is 10.6 Å². The molecule has 2 N–H and O–H groups in total. The molecule has 0 aromatic heterocycles. The summed E-state index contributed by atoms with van der Waals surface area (Å²) in [5.41, 5.74) is 4.47. The third-order valence-corrected chi connectivity index (χ3v) is 10.1. The first-order valence-corrected chi connectivity index (χ1v) is 15.0. The first kappa shape index (κ1) is 29.0. The molecule has 0 radical (unpaired) electrons. The Labute approximate surface area is 254 Å². The van der Waals surface area contributed by atoms with Gasteiger partial charge in [-0.1, -0.05) is 33.8 Å². The second-order valence-electron chi connectivity index (χ2n) is 10.5. The lowest BCUT2D eigenvalue weighted by Gasteiger charge is -2.29. The molecule has 2 saturated heterocycles. The van der Waals surface area contributed by atoms with E-state index >= 15 is 0 Å². The lowest BCUT2D eigenvalue weighted by atomic mass is 9.96. The van der Waals surface area contributed by atoms with Crippen LogP contribution in [0.3, 0.4) is 0 Å². The lowest BCUT2D eigenvalue weighted by molar-refractivity contribution is -0.143. The van der Waals surface area contributed by atoms with Gasteiger partial charge in [0.1, 0.15) is 6.04 Å². The van der Waals surface area contributed by atoms with E-state index in [1.807, 2.05) is 26.0 Å². The number of amides is 5. The van der Waals surface area contributed by atoms with Gasteiger partial charge in [0, 0.05) is 52.0 Å². The van der Waals surface area contributed by atoms with Crippen molar-refractivity contribution in [2.24, 2.45) is 5.92 Å². The number of halogens is 2. The van der Waals surface area contributed by atoms with Crippen molar-refractivity contribution in [1.82, 2.24) is 15.1 Å². The maximum Gasteiger partial charge on any atom is 0.313 e. The van der Waals surface area contributed by atoms with Crippen molar-refractivity contribution in [2.75, 3.05) is 18.4 Å². The summed E-state index contributed by atoms with van der Waals surface area (Å²) in [5.74, 6) is 4.30. The molecule has 0 aliphatic carbocycles.